The highest BCUT2D eigenvalue weighted by atomic mass is 16.4. The summed E-state index contributed by atoms with van der Waals surface area (Å²) in [5.74, 6) is 0.645. The van der Waals surface area contributed by atoms with Gasteiger partial charge in [0.25, 0.3) is 0 Å². The minimum Gasteiger partial charge on any atom is -0.467 e. The maximum Gasteiger partial charge on any atom is 0.133 e. The highest BCUT2D eigenvalue weighted by Crippen LogP contribution is 2.34. The number of hydrogen-bond donors (Lipinski definition) is 2. The molecule has 0 aromatic carbocycles. The van der Waals surface area contributed by atoms with Gasteiger partial charge in [-0.05, 0) is 30.4 Å². The van der Waals surface area contributed by atoms with Crippen LogP contribution in [0.4, 0.5) is 0 Å². The van der Waals surface area contributed by atoms with Gasteiger partial charge in [0.1, 0.15) is 11.9 Å². The van der Waals surface area contributed by atoms with E-state index in [9.17, 15) is 5.11 Å². The second-order valence-electron chi connectivity index (χ2n) is 5.53. The molecule has 1 atom stereocenters. The summed E-state index contributed by atoms with van der Waals surface area (Å²) in [6, 6.07) is 3.62. The van der Waals surface area contributed by atoms with Gasteiger partial charge >= 0.3 is 0 Å². The Bertz CT molecular complexity index is 315. The fourth-order valence-corrected chi connectivity index (χ4v) is 2.67. The standard InChI is InChI=1S/C14H23NO2/c1-14(7-3-2-4-8-14)11-15-10-12(16)13-6-5-9-17-13/h5-6,9,12,15-16H,2-4,7-8,10-11H2,1H3. The molecular weight excluding hydrogens is 214 g/mol. The van der Waals surface area contributed by atoms with Crippen LogP contribution in [-0.4, -0.2) is 18.2 Å². The topological polar surface area (TPSA) is 45.4 Å². The molecule has 0 saturated heterocycles. The Labute approximate surface area is 103 Å². The van der Waals surface area contributed by atoms with Crippen molar-refractivity contribution in [2.24, 2.45) is 5.41 Å². The molecule has 1 aromatic rings. The van der Waals surface area contributed by atoms with Gasteiger partial charge in [0.2, 0.25) is 0 Å². The second kappa shape index (κ2) is 5.69. The molecule has 2 rings (SSSR count). The van der Waals surface area contributed by atoms with Gasteiger partial charge in [-0.1, -0.05) is 26.2 Å². The Morgan fingerprint density at radius 1 is 1.41 bits per heavy atom. The summed E-state index contributed by atoms with van der Waals surface area (Å²) in [5.41, 5.74) is 0.418. The van der Waals surface area contributed by atoms with E-state index < -0.39 is 6.10 Å². The van der Waals surface area contributed by atoms with E-state index in [2.05, 4.69) is 12.2 Å². The molecule has 0 bridgehead atoms. The number of furan rings is 1. The molecular formula is C14H23NO2. The maximum atomic E-state index is 9.87. The summed E-state index contributed by atoms with van der Waals surface area (Å²) in [6.45, 7) is 3.91. The van der Waals surface area contributed by atoms with E-state index in [0.717, 1.165) is 6.54 Å². The lowest BCUT2D eigenvalue weighted by atomic mass is 9.76. The van der Waals surface area contributed by atoms with Crippen LogP contribution in [0.5, 0.6) is 0 Å². The highest BCUT2D eigenvalue weighted by molar-refractivity contribution is 5.02. The van der Waals surface area contributed by atoms with Gasteiger partial charge < -0.3 is 14.8 Å². The molecule has 96 valence electrons. The zero-order valence-corrected chi connectivity index (χ0v) is 10.6. The molecule has 0 spiro atoms. The Balaban J connectivity index is 1.72. The van der Waals surface area contributed by atoms with Crippen molar-refractivity contribution in [1.29, 1.82) is 0 Å². The minimum atomic E-state index is -0.530. The molecule has 1 heterocycles. The molecule has 1 aliphatic rings. The summed E-state index contributed by atoms with van der Waals surface area (Å²) in [7, 11) is 0. The van der Waals surface area contributed by atoms with Crippen molar-refractivity contribution in [2.45, 2.75) is 45.1 Å². The summed E-state index contributed by atoms with van der Waals surface area (Å²) < 4.78 is 5.17. The monoisotopic (exact) mass is 237 g/mol. The number of nitrogens with one attached hydrogen (secondary N) is 1. The largest absolute Gasteiger partial charge is 0.467 e. The van der Waals surface area contributed by atoms with Crippen LogP contribution in [0.1, 0.15) is 50.9 Å². The Hall–Kier alpha value is -0.800. The van der Waals surface area contributed by atoms with Gasteiger partial charge in [-0.25, -0.2) is 0 Å². The van der Waals surface area contributed by atoms with Gasteiger partial charge in [-0.3, -0.25) is 0 Å². The predicted molar refractivity (Wildman–Crippen MR) is 67.7 cm³/mol. The van der Waals surface area contributed by atoms with Gasteiger partial charge in [0.15, 0.2) is 0 Å². The molecule has 0 radical (unpaired) electrons. The van der Waals surface area contributed by atoms with Crippen molar-refractivity contribution in [2.75, 3.05) is 13.1 Å². The summed E-state index contributed by atoms with van der Waals surface area (Å²) in [6.07, 6.45) is 7.74. The van der Waals surface area contributed by atoms with Crippen molar-refractivity contribution < 1.29 is 9.52 Å². The third-order valence-corrected chi connectivity index (χ3v) is 3.82. The number of aliphatic hydroxyl groups excluding tert-OH is 1. The quantitative estimate of drug-likeness (QED) is 0.827. The van der Waals surface area contributed by atoms with E-state index in [-0.39, 0.29) is 0 Å². The van der Waals surface area contributed by atoms with E-state index in [1.54, 1.807) is 12.3 Å². The molecule has 1 aliphatic carbocycles. The van der Waals surface area contributed by atoms with Crippen LogP contribution in [0.2, 0.25) is 0 Å². The molecule has 1 aromatic heterocycles. The fourth-order valence-electron chi connectivity index (χ4n) is 2.67. The fraction of sp³-hybridized carbons (Fsp3) is 0.714. The van der Waals surface area contributed by atoms with Crippen LogP contribution in [0.15, 0.2) is 22.8 Å². The lowest BCUT2D eigenvalue weighted by Crippen LogP contribution is -2.35. The first-order valence-corrected chi connectivity index (χ1v) is 6.62. The van der Waals surface area contributed by atoms with Crippen LogP contribution in [0.3, 0.4) is 0 Å². The van der Waals surface area contributed by atoms with Gasteiger partial charge in [0, 0.05) is 13.1 Å². The van der Waals surface area contributed by atoms with Crippen molar-refractivity contribution >= 4 is 0 Å². The molecule has 2 N–H and O–H groups in total. The van der Waals surface area contributed by atoms with Crippen LogP contribution in [0.25, 0.3) is 0 Å². The molecule has 0 amide bonds. The summed E-state index contributed by atoms with van der Waals surface area (Å²) >= 11 is 0. The van der Waals surface area contributed by atoms with Crippen molar-refractivity contribution in [3.8, 4) is 0 Å². The van der Waals surface area contributed by atoms with E-state index >= 15 is 0 Å². The normalized spacial score (nSPS) is 21.3. The van der Waals surface area contributed by atoms with Crippen LogP contribution in [0, 0.1) is 5.41 Å². The molecule has 0 aliphatic heterocycles. The first kappa shape index (κ1) is 12.7. The Kier molecular flexibility index (Phi) is 4.24. The number of hydrogen-bond acceptors (Lipinski definition) is 3. The first-order chi connectivity index (χ1) is 8.20. The minimum absolute atomic E-state index is 0.418. The average Bonchev–Trinajstić information content (AvgIpc) is 2.83. The maximum absolute atomic E-state index is 9.87. The third-order valence-electron chi connectivity index (χ3n) is 3.82. The van der Waals surface area contributed by atoms with E-state index in [4.69, 9.17) is 4.42 Å². The smallest absolute Gasteiger partial charge is 0.133 e. The van der Waals surface area contributed by atoms with Crippen molar-refractivity contribution in [1.82, 2.24) is 5.32 Å². The molecule has 1 unspecified atom stereocenters. The zero-order valence-electron chi connectivity index (χ0n) is 10.6. The molecule has 17 heavy (non-hydrogen) atoms. The van der Waals surface area contributed by atoms with Crippen LogP contribution >= 0.6 is 0 Å². The SMILES string of the molecule is CC1(CNCC(O)c2ccco2)CCCCC1. The van der Waals surface area contributed by atoms with Crippen molar-refractivity contribution in [3.63, 3.8) is 0 Å². The molecule has 3 heteroatoms. The third kappa shape index (κ3) is 3.58. The van der Waals surface area contributed by atoms with Crippen LogP contribution < -0.4 is 5.32 Å². The van der Waals surface area contributed by atoms with E-state index in [0.29, 0.717) is 17.7 Å². The molecule has 3 nitrogen and oxygen atoms in total. The zero-order chi connectivity index (χ0) is 12.1. The van der Waals surface area contributed by atoms with Gasteiger partial charge in [-0.2, -0.15) is 0 Å². The van der Waals surface area contributed by atoms with Crippen molar-refractivity contribution in [3.05, 3.63) is 24.2 Å². The first-order valence-electron chi connectivity index (χ1n) is 6.62. The predicted octanol–water partition coefficient (Wildman–Crippen LogP) is 2.87. The van der Waals surface area contributed by atoms with E-state index in [1.807, 2.05) is 6.07 Å². The van der Waals surface area contributed by atoms with Crippen LogP contribution in [-0.2, 0) is 0 Å². The number of aliphatic hydroxyl groups is 1. The van der Waals surface area contributed by atoms with E-state index in [1.165, 1.54) is 32.1 Å². The van der Waals surface area contributed by atoms with Gasteiger partial charge in [-0.15, -0.1) is 0 Å². The molecule has 1 saturated carbocycles. The number of rotatable bonds is 5. The summed E-state index contributed by atoms with van der Waals surface area (Å²) in [4.78, 5) is 0. The lowest BCUT2D eigenvalue weighted by molar-refractivity contribution is 0.135. The second-order valence-corrected chi connectivity index (χ2v) is 5.53. The van der Waals surface area contributed by atoms with Gasteiger partial charge in [0.05, 0.1) is 6.26 Å². The lowest BCUT2D eigenvalue weighted by Gasteiger charge is -2.34. The Morgan fingerprint density at radius 3 is 2.82 bits per heavy atom. The Morgan fingerprint density at radius 2 is 2.18 bits per heavy atom. The molecule has 1 fully saturated rings. The average molecular weight is 237 g/mol. The summed E-state index contributed by atoms with van der Waals surface area (Å²) in [5, 5.41) is 13.2. The highest BCUT2D eigenvalue weighted by Gasteiger charge is 2.26.